The van der Waals surface area contributed by atoms with Crippen molar-refractivity contribution in [2.24, 2.45) is 0 Å². The molecule has 8 nitrogen and oxygen atoms in total. The van der Waals surface area contributed by atoms with Crippen LogP contribution >= 0.6 is 23.2 Å². The minimum Gasteiger partial charge on any atom is -0.492 e. The maximum absolute atomic E-state index is 14.8. The Bertz CT molecular complexity index is 1830. The quantitative estimate of drug-likeness (QED) is 0.145. The number of carbonyl (C=O) groups is 2. The van der Waals surface area contributed by atoms with Gasteiger partial charge in [0, 0.05) is 34.6 Å². The SMILES string of the molecule is CCOc1ccccc1N(CC(=O)N(Cc1c(Cl)cccc1Cl)[C@@H](Cc1ccccc1)C(=O)NC1CCCC1)S(=O)(=O)c1ccc(C)cc1. The minimum atomic E-state index is -4.30. The molecule has 0 unspecified atom stereocenters. The molecule has 0 saturated heterocycles. The monoisotopic (exact) mass is 721 g/mol. The lowest BCUT2D eigenvalue weighted by molar-refractivity contribution is -0.140. The molecule has 0 bridgehead atoms. The molecule has 0 aliphatic heterocycles. The summed E-state index contributed by atoms with van der Waals surface area (Å²) >= 11 is 13.3. The number of halogens is 2. The van der Waals surface area contributed by atoms with E-state index in [9.17, 15) is 18.0 Å². The summed E-state index contributed by atoms with van der Waals surface area (Å²) in [5, 5.41) is 3.82. The van der Waals surface area contributed by atoms with Gasteiger partial charge in [0.05, 0.1) is 17.2 Å². The number of hydrogen-bond donors (Lipinski definition) is 1. The molecular formula is C38H41Cl2N3O5S. The van der Waals surface area contributed by atoms with Crippen LogP contribution < -0.4 is 14.4 Å². The number of ether oxygens (including phenoxy) is 1. The highest BCUT2D eigenvalue weighted by Crippen LogP contribution is 2.34. The summed E-state index contributed by atoms with van der Waals surface area (Å²) in [4.78, 5) is 30.5. The van der Waals surface area contributed by atoms with E-state index in [1.54, 1.807) is 61.5 Å². The molecule has 5 rings (SSSR count). The van der Waals surface area contributed by atoms with Crippen LogP contribution in [0.2, 0.25) is 10.0 Å². The van der Waals surface area contributed by atoms with Crippen molar-refractivity contribution in [2.75, 3.05) is 17.5 Å². The largest absolute Gasteiger partial charge is 0.492 e. The number of rotatable bonds is 14. The molecule has 4 aromatic carbocycles. The first-order chi connectivity index (χ1) is 23.6. The number of sulfonamides is 1. The lowest BCUT2D eigenvalue weighted by atomic mass is 10.0. The van der Waals surface area contributed by atoms with E-state index in [1.165, 1.54) is 17.0 Å². The number of amides is 2. The Labute approximate surface area is 299 Å². The molecule has 49 heavy (non-hydrogen) atoms. The molecule has 1 aliphatic carbocycles. The molecule has 1 fully saturated rings. The highest BCUT2D eigenvalue weighted by atomic mass is 35.5. The predicted octanol–water partition coefficient (Wildman–Crippen LogP) is 7.59. The molecule has 4 aromatic rings. The van der Waals surface area contributed by atoms with Gasteiger partial charge in [-0.05, 0) is 68.7 Å². The minimum absolute atomic E-state index is 0.0110. The number of aryl methyl sites for hydroxylation is 1. The van der Waals surface area contributed by atoms with Crippen LogP contribution in [0.4, 0.5) is 5.69 Å². The number of hydrogen-bond acceptors (Lipinski definition) is 5. The molecule has 258 valence electrons. The molecule has 1 saturated carbocycles. The molecule has 1 N–H and O–H groups in total. The van der Waals surface area contributed by atoms with Crippen LogP contribution in [-0.2, 0) is 32.6 Å². The first kappa shape index (κ1) is 36.2. The number of nitrogens with zero attached hydrogens (tertiary/aromatic N) is 2. The molecule has 0 spiro atoms. The van der Waals surface area contributed by atoms with Crippen molar-refractivity contribution in [3.8, 4) is 5.75 Å². The van der Waals surface area contributed by atoms with Gasteiger partial charge in [-0.3, -0.25) is 13.9 Å². The lowest BCUT2D eigenvalue weighted by Gasteiger charge is -2.35. The molecule has 1 atom stereocenters. The fraction of sp³-hybridized carbons (Fsp3) is 0.316. The van der Waals surface area contributed by atoms with E-state index >= 15 is 0 Å². The van der Waals surface area contributed by atoms with Gasteiger partial charge in [-0.2, -0.15) is 0 Å². The van der Waals surface area contributed by atoms with Gasteiger partial charge in [0.1, 0.15) is 18.3 Å². The van der Waals surface area contributed by atoms with Crippen LogP contribution in [0.3, 0.4) is 0 Å². The summed E-state index contributed by atoms with van der Waals surface area (Å²) in [5.74, 6) is -0.635. The molecule has 0 radical (unpaired) electrons. The van der Waals surface area contributed by atoms with Crippen LogP contribution in [-0.4, -0.2) is 50.4 Å². The Hall–Kier alpha value is -4.05. The van der Waals surface area contributed by atoms with Gasteiger partial charge in [0.25, 0.3) is 10.0 Å². The van der Waals surface area contributed by atoms with Crippen LogP contribution in [0.15, 0.2) is 102 Å². The van der Waals surface area contributed by atoms with Crippen molar-refractivity contribution in [3.05, 3.63) is 124 Å². The summed E-state index contributed by atoms with van der Waals surface area (Å²) < 4.78 is 35.8. The van der Waals surface area contributed by atoms with E-state index in [0.29, 0.717) is 21.4 Å². The number of nitrogens with one attached hydrogen (secondary N) is 1. The summed E-state index contributed by atoms with van der Waals surface area (Å²) in [6.45, 7) is 3.19. The Morgan fingerprint density at radius 2 is 1.51 bits per heavy atom. The zero-order valence-corrected chi connectivity index (χ0v) is 30.0. The van der Waals surface area contributed by atoms with Gasteiger partial charge < -0.3 is 15.0 Å². The fourth-order valence-electron chi connectivity index (χ4n) is 6.07. The maximum atomic E-state index is 14.8. The lowest BCUT2D eigenvalue weighted by Crippen LogP contribution is -2.54. The average Bonchev–Trinajstić information content (AvgIpc) is 3.60. The molecule has 2 amide bonds. The van der Waals surface area contributed by atoms with Crippen LogP contribution in [0.25, 0.3) is 0 Å². The molecular weight excluding hydrogens is 681 g/mol. The smallest absolute Gasteiger partial charge is 0.264 e. The molecule has 0 aromatic heterocycles. The van der Waals surface area contributed by atoms with Crippen molar-refractivity contribution < 1.29 is 22.7 Å². The molecule has 0 heterocycles. The van der Waals surface area contributed by atoms with Crippen molar-refractivity contribution in [1.82, 2.24) is 10.2 Å². The summed E-state index contributed by atoms with van der Waals surface area (Å²) in [7, 11) is -4.30. The predicted molar refractivity (Wildman–Crippen MR) is 195 cm³/mol. The Balaban J connectivity index is 1.62. The zero-order valence-electron chi connectivity index (χ0n) is 27.6. The van der Waals surface area contributed by atoms with Crippen molar-refractivity contribution in [1.29, 1.82) is 0 Å². The highest BCUT2D eigenvalue weighted by molar-refractivity contribution is 7.92. The first-order valence-electron chi connectivity index (χ1n) is 16.5. The van der Waals surface area contributed by atoms with Crippen molar-refractivity contribution >= 4 is 50.7 Å². The second-order valence-electron chi connectivity index (χ2n) is 12.1. The average molecular weight is 723 g/mol. The van der Waals surface area contributed by atoms with Crippen LogP contribution in [0, 0.1) is 6.92 Å². The Kier molecular flexibility index (Phi) is 12.3. The van der Waals surface area contributed by atoms with E-state index in [2.05, 4.69) is 5.32 Å². The van der Waals surface area contributed by atoms with E-state index < -0.39 is 28.5 Å². The number of para-hydroxylation sites is 2. The molecule has 1 aliphatic rings. The summed E-state index contributed by atoms with van der Waals surface area (Å²) in [5.41, 5.74) is 2.37. The van der Waals surface area contributed by atoms with Gasteiger partial charge >= 0.3 is 0 Å². The van der Waals surface area contributed by atoms with Crippen molar-refractivity contribution in [2.45, 2.75) is 69.5 Å². The first-order valence-corrected chi connectivity index (χ1v) is 18.7. The van der Waals surface area contributed by atoms with Gasteiger partial charge in [0.2, 0.25) is 11.8 Å². The Morgan fingerprint density at radius 3 is 2.16 bits per heavy atom. The van der Waals surface area contributed by atoms with Gasteiger partial charge in [-0.15, -0.1) is 0 Å². The van der Waals surface area contributed by atoms with Gasteiger partial charge in [-0.25, -0.2) is 8.42 Å². The van der Waals surface area contributed by atoms with Gasteiger partial charge in [-0.1, -0.05) is 102 Å². The second-order valence-corrected chi connectivity index (χ2v) is 14.8. The zero-order chi connectivity index (χ0) is 35.0. The normalized spacial score (nSPS) is 13.9. The highest BCUT2D eigenvalue weighted by Gasteiger charge is 2.37. The third kappa shape index (κ3) is 8.95. The molecule has 11 heteroatoms. The standard InChI is InChI=1S/C38H41Cl2N3O5S/c1-3-48-36-19-10-9-18-34(36)43(49(46,47)30-22-20-27(2)21-23-30)26-37(44)42(25-31-32(39)16-11-17-33(31)40)35(24-28-12-5-4-6-13-28)38(45)41-29-14-7-8-15-29/h4-6,9-13,16-23,29,35H,3,7-8,14-15,24-26H2,1-2H3,(H,41,45)/t35-/m0/s1. The third-order valence-corrected chi connectivity index (χ3v) is 11.2. The third-order valence-electron chi connectivity index (χ3n) is 8.68. The van der Waals surface area contributed by atoms with E-state index in [0.717, 1.165) is 41.1 Å². The van der Waals surface area contributed by atoms with Crippen molar-refractivity contribution in [3.63, 3.8) is 0 Å². The summed E-state index contributed by atoms with van der Waals surface area (Å²) in [6, 6.07) is 26.6. The summed E-state index contributed by atoms with van der Waals surface area (Å²) in [6.07, 6.45) is 3.91. The van der Waals surface area contributed by atoms with E-state index in [1.807, 2.05) is 37.3 Å². The topological polar surface area (TPSA) is 96.0 Å². The fourth-order valence-corrected chi connectivity index (χ4v) is 8.01. The van der Waals surface area contributed by atoms with Crippen LogP contribution in [0.1, 0.15) is 49.3 Å². The van der Waals surface area contributed by atoms with E-state index in [-0.39, 0.29) is 42.1 Å². The van der Waals surface area contributed by atoms with Crippen LogP contribution in [0.5, 0.6) is 5.75 Å². The van der Waals surface area contributed by atoms with Gasteiger partial charge in [0.15, 0.2) is 0 Å². The number of anilines is 1. The second kappa shape index (κ2) is 16.6. The number of carbonyl (C=O) groups excluding carboxylic acids is 2. The maximum Gasteiger partial charge on any atom is 0.264 e. The van der Waals surface area contributed by atoms with E-state index in [4.69, 9.17) is 27.9 Å². The Morgan fingerprint density at radius 1 is 0.878 bits per heavy atom. The number of benzene rings is 4.